The summed E-state index contributed by atoms with van der Waals surface area (Å²) in [6.07, 6.45) is -4.16. The van der Waals surface area contributed by atoms with Crippen molar-refractivity contribution in [2.45, 2.75) is 63.8 Å². The number of halogens is 5. The molecule has 0 aliphatic rings. The summed E-state index contributed by atoms with van der Waals surface area (Å²) in [5.74, 6) is -1.38. The van der Waals surface area contributed by atoms with Crippen LogP contribution in [0.1, 0.15) is 43.9 Å². The van der Waals surface area contributed by atoms with Crippen molar-refractivity contribution in [3.8, 4) is 0 Å². The molecule has 0 aliphatic heterocycles. The van der Waals surface area contributed by atoms with E-state index in [0.29, 0.717) is 22.4 Å². The van der Waals surface area contributed by atoms with Crippen molar-refractivity contribution in [3.63, 3.8) is 0 Å². The van der Waals surface area contributed by atoms with Gasteiger partial charge in [-0.15, -0.1) is 0 Å². The molecule has 0 bridgehead atoms. The largest absolute Gasteiger partial charge is 0.416 e. The highest BCUT2D eigenvalue weighted by Gasteiger charge is 2.35. The molecule has 13 heteroatoms. The Labute approximate surface area is 259 Å². The molecule has 7 nitrogen and oxygen atoms in total. The van der Waals surface area contributed by atoms with Crippen LogP contribution in [0.2, 0.25) is 10.0 Å². The van der Waals surface area contributed by atoms with Crippen LogP contribution in [-0.2, 0) is 32.3 Å². The van der Waals surface area contributed by atoms with E-state index < -0.39 is 46.2 Å². The number of hydrogen-bond donors (Lipinski definition) is 1. The molecule has 0 heterocycles. The maximum absolute atomic E-state index is 14.0. The quantitative estimate of drug-likeness (QED) is 0.244. The number of rotatable bonds is 11. The summed E-state index contributed by atoms with van der Waals surface area (Å²) >= 11 is 12.7. The van der Waals surface area contributed by atoms with Gasteiger partial charge in [0, 0.05) is 28.2 Å². The number of carbonyl (C=O) groups excluding carboxylic acids is 2. The Morgan fingerprint density at radius 3 is 2.09 bits per heavy atom. The molecular formula is C30H32Cl2F3N3O4S. The molecular weight excluding hydrogens is 626 g/mol. The van der Waals surface area contributed by atoms with Gasteiger partial charge in [0.1, 0.15) is 12.6 Å². The van der Waals surface area contributed by atoms with Crippen molar-refractivity contribution < 1.29 is 31.2 Å². The van der Waals surface area contributed by atoms with E-state index >= 15 is 0 Å². The van der Waals surface area contributed by atoms with Crippen molar-refractivity contribution in [1.29, 1.82) is 0 Å². The van der Waals surface area contributed by atoms with Gasteiger partial charge >= 0.3 is 6.18 Å². The summed E-state index contributed by atoms with van der Waals surface area (Å²) in [5, 5.41) is 3.21. The van der Waals surface area contributed by atoms with Crippen molar-refractivity contribution in [2.75, 3.05) is 10.8 Å². The van der Waals surface area contributed by atoms with Gasteiger partial charge in [0.15, 0.2) is 0 Å². The summed E-state index contributed by atoms with van der Waals surface area (Å²) in [5.41, 5.74) is -0.405. The molecule has 0 spiro atoms. The number of aryl methyl sites for hydroxylation is 1. The zero-order chi connectivity index (χ0) is 32.1. The van der Waals surface area contributed by atoms with Gasteiger partial charge in [-0.1, -0.05) is 60.0 Å². The first-order valence-electron chi connectivity index (χ1n) is 13.4. The number of nitrogens with zero attached hydrogens (tertiary/aromatic N) is 2. The maximum atomic E-state index is 14.0. The predicted molar refractivity (Wildman–Crippen MR) is 162 cm³/mol. The predicted octanol–water partition coefficient (Wildman–Crippen LogP) is 6.85. The van der Waals surface area contributed by atoms with E-state index in [0.717, 1.165) is 22.6 Å². The van der Waals surface area contributed by atoms with E-state index in [9.17, 15) is 31.2 Å². The molecule has 3 rings (SSSR count). The first-order chi connectivity index (χ1) is 20.1. The van der Waals surface area contributed by atoms with Crippen LogP contribution in [0.25, 0.3) is 0 Å². The number of amides is 2. The summed E-state index contributed by atoms with van der Waals surface area (Å²) in [6, 6.07) is 12.7. The van der Waals surface area contributed by atoms with Crippen LogP contribution in [0.3, 0.4) is 0 Å². The lowest BCUT2D eigenvalue weighted by Crippen LogP contribution is -2.52. The highest BCUT2D eigenvalue weighted by molar-refractivity contribution is 7.92. The van der Waals surface area contributed by atoms with E-state index in [2.05, 4.69) is 5.32 Å². The minimum Gasteiger partial charge on any atom is -0.352 e. The van der Waals surface area contributed by atoms with Gasteiger partial charge in [0.05, 0.1) is 16.1 Å². The van der Waals surface area contributed by atoms with Crippen LogP contribution in [0, 0.1) is 6.92 Å². The lowest BCUT2D eigenvalue weighted by Gasteiger charge is -2.33. The molecule has 0 fully saturated rings. The Morgan fingerprint density at radius 2 is 1.53 bits per heavy atom. The monoisotopic (exact) mass is 657 g/mol. The number of hydrogen-bond acceptors (Lipinski definition) is 4. The van der Waals surface area contributed by atoms with Crippen molar-refractivity contribution in [1.82, 2.24) is 10.2 Å². The van der Waals surface area contributed by atoms with Crippen LogP contribution >= 0.6 is 23.2 Å². The lowest BCUT2D eigenvalue weighted by atomic mass is 10.1. The fraction of sp³-hybridized carbons (Fsp3) is 0.333. The fourth-order valence-corrected chi connectivity index (χ4v) is 6.03. The Bertz CT molecular complexity index is 1550. The van der Waals surface area contributed by atoms with Crippen LogP contribution in [0.15, 0.2) is 71.6 Å². The molecule has 0 unspecified atom stereocenters. The minimum absolute atomic E-state index is 0.210. The Hall–Kier alpha value is -3.28. The second-order valence-corrected chi connectivity index (χ2v) is 12.8. The summed E-state index contributed by atoms with van der Waals surface area (Å²) < 4.78 is 69.2. The SMILES string of the molecule is CC[C@H](C)NC(=O)[C@H](C)N(Cc1c(Cl)cccc1Cl)C(=O)CN(c1cccc(C(F)(F)F)c1)S(=O)(=O)c1ccc(C)cc1. The second-order valence-electron chi connectivity index (χ2n) is 10.1. The van der Waals surface area contributed by atoms with E-state index in [-0.39, 0.29) is 33.2 Å². The minimum atomic E-state index is -4.77. The third-order valence-electron chi connectivity index (χ3n) is 6.91. The molecule has 0 aromatic heterocycles. The van der Waals surface area contributed by atoms with Gasteiger partial charge in [-0.2, -0.15) is 13.2 Å². The highest BCUT2D eigenvalue weighted by atomic mass is 35.5. The number of alkyl halides is 3. The van der Waals surface area contributed by atoms with Gasteiger partial charge in [-0.3, -0.25) is 13.9 Å². The zero-order valence-corrected chi connectivity index (χ0v) is 26.3. The molecule has 2 amide bonds. The first-order valence-corrected chi connectivity index (χ1v) is 15.5. The van der Waals surface area contributed by atoms with Gasteiger partial charge < -0.3 is 10.2 Å². The summed E-state index contributed by atoms with van der Waals surface area (Å²) in [4.78, 5) is 28.0. The molecule has 0 aliphatic carbocycles. The smallest absolute Gasteiger partial charge is 0.352 e. The van der Waals surface area contributed by atoms with Crippen molar-refractivity contribution >= 4 is 50.7 Å². The summed E-state index contributed by atoms with van der Waals surface area (Å²) in [7, 11) is -4.55. The van der Waals surface area contributed by atoms with E-state index in [4.69, 9.17) is 23.2 Å². The van der Waals surface area contributed by atoms with Crippen LogP contribution < -0.4 is 9.62 Å². The maximum Gasteiger partial charge on any atom is 0.416 e. The fourth-order valence-electron chi connectivity index (χ4n) is 4.11. The first kappa shape index (κ1) is 34.2. The normalized spacial score (nSPS) is 13.2. The van der Waals surface area contributed by atoms with E-state index in [1.54, 1.807) is 32.0 Å². The summed E-state index contributed by atoms with van der Waals surface area (Å²) in [6.45, 7) is 5.67. The number of benzene rings is 3. The average molecular weight is 659 g/mol. The van der Waals surface area contributed by atoms with Gasteiger partial charge in [0.25, 0.3) is 10.0 Å². The topological polar surface area (TPSA) is 86.8 Å². The molecule has 0 radical (unpaired) electrons. The molecule has 232 valence electrons. The Balaban J connectivity index is 2.13. The third kappa shape index (κ3) is 8.43. The van der Waals surface area contributed by atoms with Crippen LogP contribution in [0.5, 0.6) is 0 Å². The Kier molecular flexibility index (Phi) is 11.1. The number of sulfonamides is 1. The molecule has 1 N–H and O–H groups in total. The second kappa shape index (κ2) is 14.0. The number of anilines is 1. The van der Waals surface area contributed by atoms with Gasteiger partial charge in [0.2, 0.25) is 11.8 Å². The third-order valence-corrected chi connectivity index (χ3v) is 9.40. The molecule has 3 aromatic carbocycles. The number of carbonyl (C=O) groups is 2. The standard InChI is InChI=1S/C30H32Cl2F3N3O4S/c1-5-20(3)36-29(40)21(4)37(17-25-26(31)10-7-11-27(25)32)28(39)18-38(23-9-6-8-22(16-23)30(33,34)35)43(41,42)24-14-12-19(2)13-15-24/h6-16,20-21H,5,17-18H2,1-4H3,(H,36,40)/t20-,21-/m0/s1. The highest BCUT2D eigenvalue weighted by Crippen LogP contribution is 2.34. The van der Waals surface area contributed by atoms with Crippen LogP contribution in [0.4, 0.5) is 18.9 Å². The molecule has 2 atom stereocenters. The molecule has 3 aromatic rings. The van der Waals surface area contributed by atoms with E-state index in [1.807, 2.05) is 6.92 Å². The van der Waals surface area contributed by atoms with Crippen LogP contribution in [-0.4, -0.2) is 43.8 Å². The molecule has 0 saturated heterocycles. The van der Waals surface area contributed by atoms with E-state index in [1.165, 1.54) is 37.3 Å². The van der Waals surface area contributed by atoms with Gasteiger partial charge in [-0.25, -0.2) is 8.42 Å². The molecule has 0 saturated carbocycles. The van der Waals surface area contributed by atoms with Crippen molar-refractivity contribution in [2.24, 2.45) is 0 Å². The van der Waals surface area contributed by atoms with Crippen molar-refractivity contribution in [3.05, 3.63) is 93.5 Å². The lowest BCUT2D eigenvalue weighted by molar-refractivity contribution is -0.139. The number of nitrogens with one attached hydrogen (secondary N) is 1. The Morgan fingerprint density at radius 1 is 0.953 bits per heavy atom. The molecule has 43 heavy (non-hydrogen) atoms. The van der Waals surface area contributed by atoms with Gasteiger partial charge in [-0.05, 0) is 69.7 Å². The average Bonchev–Trinajstić information content (AvgIpc) is 2.95. The zero-order valence-electron chi connectivity index (χ0n) is 24.0.